The van der Waals surface area contributed by atoms with E-state index < -0.39 is 0 Å². The predicted molar refractivity (Wildman–Crippen MR) is 75.4 cm³/mol. The van der Waals surface area contributed by atoms with E-state index in [-0.39, 0.29) is 11.9 Å². The van der Waals surface area contributed by atoms with Crippen LogP contribution in [0.15, 0.2) is 24.3 Å². The maximum absolute atomic E-state index is 13.6. The molecule has 0 saturated heterocycles. The lowest BCUT2D eigenvalue weighted by atomic mass is 9.78. The van der Waals surface area contributed by atoms with E-state index >= 15 is 0 Å². The third kappa shape index (κ3) is 3.54. The Bertz CT molecular complexity index is 409. The lowest BCUT2D eigenvalue weighted by molar-refractivity contribution is -0.0459. The van der Waals surface area contributed by atoms with Gasteiger partial charge in [-0.3, -0.25) is 0 Å². The number of hydrogen-bond donors (Lipinski definition) is 1. The third-order valence-corrected chi connectivity index (χ3v) is 4.15. The molecule has 0 heterocycles. The first kappa shape index (κ1) is 14.5. The van der Waals surface area contributed by atoms with E-state index in [0.29, 0.717) is 24.1 Å². The van der Waals surface area contributed by atoms with Gasteiger partial charge < -0.3 is 10.1 Å². The zero-order chi connectivity index (χ0) is 13.8. The Balaban J connectivity index is 1.99. The number of halogens is 1. The first-order chi connectivity index (χ1) is 9.11. The molecule has 1 saturated carbocycles. The van der Waals surface area contributed by atoms with Crippen molar-refractivity contribution < 1.29 is 9.13 Å². The van der Waals surface area contributed by atoms with Crippen LogP contribution in [-0.4, -0.2) is 19.2 Å². The van der Waals surface area contributed by atoms with Crippen LogP contribution in [0.2, 0.25) is 0 Å². The Morgan fingerprint density at radius 2 is 2.00 bits per heavy atom. The molecule has 1 aliphatic rings. The van der Waals surface area contributed by atoms with Crippen molar-refractivity contribution >= 4 is 0 Å². The van der Waals surface area contributed by atoms with Gasteiger partial charge in [-0.25, -0.2) is 4.39 Å². The van der Waals surface area contributed by atoms with E-state index in [1.807, 2.05) is 13.1 Å². The maximum atomic E-state index is 13.6. The zero-order valence-electron chi connectivity index (χ0n) is 12.0. The van der Waals surface area contributed by atoms with Crippen molar-refractivity contribution in [2.45, 2.75) is 45.4 Å². The zero-order valence-corrected chi connectivity index (χ0v) is 12.0. The molecule has 0 bridgehead atoms. The van der Waals surface area contributed by atoms with Gasteiger partial charge in [-0.05, 0) is 37.8 Å². The van der Waals surface area contributed by atoms with Crippen molar-refractivity contribution in [1.29, 1.82) is 0 Å². The van der Waals surface area contributed by atoms with Gasteiger partial charge >= 0.3 is 0 Å². The highest BCUT2D eigenvalue weighted by atomic mass is 19.1. The number of nitrogens with one attached hydrogen (secondary N) is 1. The summed E-state index contributed by atoms with van der Waals surface area (Å²) in [6, 6.07) is 7.20. The minimum absolute atomic E-state index is 0.167. The molecule has 1 aromatic carbocycles. The Labute approximate surface area is 115 Å². The minimum atomic E-state index is -0.180. The highest BCUT2D eigenvalue weighted by molar-refractivity contribution is 5.16. The number of likely N-dealkylation sites (N-methyl/N-ethyl adjacent to an activating group) is 1. The number of ether oxygens (including phenoxy) is 1. The van der Waals surface area contributed by atoms with Crippen LogP contribution in [0.25, 0.3) is 0 Å². The molecule has 2 nitrogen and oxygen atoms in total. The summed E-state index contributed by atoms with van der Waals surface area (Å²) < 4.78 is 19.6. The summed E-state index contributed by atoms with van der Waals surface area (Å²) in [4.78, 5) is 0. The van der Waals surface area contributed by atoms with Crippen LogP contribution < -0.4 is 5.32 Å². The van der Waals surface area contributed by atoms with E-state index in [1.54, 1.807) is 12.1 Å². The highest BCUT2D eigenvalue weighted by Crippen LogP contribution is 2.31. The number of hydrogen-bond acceptors (Lipinski definition) is 2. The summed E-state index contributed by atoms with van der Waals surface area (Å²) in [7, 11) is 1.98. The standard InChI is InChI=1S/C16H24FNO/c1-11-8-12(2)16(15(9-11)18-3)19-10-13-6-4-5-7-14(13)17/h4-7,11-12,15-16,18H,8-10H2,1-3H3. The van der Waals surface area contributed by atoms with Gasteiger partial charge in [-0.1, -0.05) is 32.0 Å². The van der Waals surface area contributed by atoms with Crippen LogP contribution in [0.4, 0.5) is 4.39 Å². The van der Waals surface area contributed by atoms with Crippen molar-refractivity contribution in [3.63, 3.8) is 0 Å². The summed E-state index contributed by atoms with van der Waals surface area (Å²) in [5.74, 6) is 1.05. The molecule has 0 aromatic heterocycles. The largest absolute Gasteiger partial charge is 0.372 e. The normalized spacial score (nSPS) is 31.4. The van der Waals surface area contributed by atoms with Gasteiger partial charge in [-0.15, -0.1) is 0 Å². The molecule has 0 amide bonds. The fourth-order valence-corrected chi connectivity index (χ4v) is 3.19. The molecule has 106 valence electrons. The second kappa shape index (κ2) is 6.49. The Hall–Kier alpha value is -0.930. The van der Waals surface area contributed by atoms with Crippen LogP contribution in [0.1, 0.15) is 32.3 Å². The molecular weight excluding hydrogens is 241 g/mol. The van der Waals surface area contributed by atoms with E-state index in [4.69, 9.17) is 4.74 Å². The summed E-state index contributed by atoms with van der Waals surface area (Å²) in [6.45, 7) is 4.87. The van der Waals surface area contributed by atoms with Crippen molar-refractivity contribution in [2.24, 2.45) is 11.8 Å². The quantitative estimate of drug-likeness (QED) is 0.901. The minimum Gasteiger partial charge on any atom is -0.372 e. The van der Waals surface area contributed by atoms with Crippen LogP contribution >= 0.6 is 0 Å². The second-order valence-corrected chi connectivity index (χ2v) is 5.82. The lowest BCUT2D eigenvalue weighted by Gasteiger charge is -2.39. The van der Waals surface area contributed by atoms with Crippen molar-refractivity contribution in [2.75, 3.05) is 7.05 Å². The van der Waals surface area contributed by atoms with Gasteiger partial charge in [0.1, 0.15) is 5.82 Å². The van der Waals surface area contributed by atoms with Gasteiger partial charge in [-0.2, -0.15) is 0 Å². The molecule has 1 aliphatic carbocycles. The van der Waals surface area contributed by atoms with Gasteiger partial charge in [0.25, 0.3) is 0 Å². The SMILES string of the molecule is CNC1CC(C)CC(C)C1OCc1ccccc1F. The van der Waals surface area contributed by atoms with Crippen molar-refractivity contribution in [3.8, 4) is 0 Å². The summed E-state index contributed by atoms with van der Waals surface area (Å²) in [6.07, 6.45) is 2.48. The smallest absolute Gasteiger partial charge is 0.128 e. The fraction of sp³-hybridized carbons (Fsp3) is 0.625. The molecule has 0 radical (unpaired) electrons. The van der Waals surface area contributed by atoms with Gasteiger partial charge in [0.05, 0.1) is 12.7 Å². The lowest BCUT2D eigenvalue weighted by Crippen LogP contribution is -2.48. The number of benzene rings is 1. The molecule has 0 aliphatic heterocycles. The summed E-state index contributed by atoms with van der Waals surface area (Å²) >= 11 is 0. The average molecular weight is 265 g/mol. The third-order valence-electron chi connectivity index (χ3n) is 4.15. The van der Waals surface area contributed by atoms with E-state index in [2.05, 4.69) is 19.2 Å². The Morgan fingerprint density at radius 3 is 2.68 bits per heavy atom. The average Bonchev–Trinajstić information content (AvgIpc) is 2.38. The molecular formula is C16H24FNO. The first-order valence-electron chi connectivity index (χ1n) is 7.14. The molecule has 4 unspecified atom stereocenters. The van der Waals surface area contributed by atoms with Crippen molar-refractivity contribution in [3.05, 3.63) is 35.6 Å². The molecule has 4 atom stereocenters. The topological polar surface area (TPSA) is 21.3 Å². The molecule has 19 heavy (non-hydrogen) atoms. The Kier molecular flexibility index (Phi) is 4.94. The van der Waals surface area contributed by atoms with Crippen LogP contribution in [0, 0.1) is 17.7 Å². The van der Waals surface area contributed by atoms with E-state index in [0.717, 1.165) is 12.3 Å². The maximum Gasteiger partial charge on any atom is 0.128 e. The molecule has 3 heteroatoms. The number of rotatable bonds is 4. The molecule has 1 N–H and O–H groups in total. The summed E-state index contributed by atoms with van der Waals surface area (Å²) in [5.41, 5.74) is 0.642. The molecule has 2 rings (SSSR count). The fourth-order valence-electron chi connectivity index (χ4n) is 3.19. The van der Waals surface area contributed by atoms with Gasteiger partial charge in [0, 0.05) is 11.6 Å². The predicted octanol–water partition coefficient (Wildman–Crippen LogP) is 3.36. The van der Waals surface area contributed by atoms with Crippen molar-refractivity contribution in [1.82, 2.24) is 5.32 Å². The Morgan fingerprint density at radius 1 is 1.26 bits per heavy atom. The van der Waals surface area contributed by atoms with E-state index in [1.165, 1.54) is 12.5 Å². The summed E-state index contributed by atoms with van der Waals surface area (Å²) in [5, 5.41) is 3.35. The first-order valence-corrected chi connectivity index (χ1v) is 7.14. The second-order valence-electron chi connectivity index (χ2n) is 5.82. The van der Waals surface area contributed by atoms with Gasteiger partial charge in [0.15, 0.2) is 0 Å². The molecule has 0 spiro atoms. The molecule has 1 aromatic rings. The van der Waals surface area contributed by atoms with E-state index in [9.17, 15) is 4.39 Å². The van der Waals surface area contributed by atoms with Crippen LogP contribution in [0.3, 0.4) is 0 Å². The van der Waals surface area contributed by atoms with Crippen LogP contribution in [-0.2, 0) is 11.3 Å². The van der Waals surface area contributed by atoms with Gasteiger partial charge in [0.2, 0.25) is 0 Å². The monoisotopic (exact) mass is 265 g/mol. The molecule has 1 fully saturated rings. The highest BCUT2D eigenvalue weighted by Gasteiger charge is 2.33. The van der Waals surface area contributed by atoms with Crippen LogP contribution in [0.5, 0.6) is 0 Å².